The highest BCUT2D eigenvalue weighted by molar-refractivity contribution is 5.69. The van der Waals surface area contributed by atoms with Gasteiger partial charge in [0.25, 0.3) is 0 Å². The predicted octanol–water partition coefficient (Wildman–Crippen LogP) is 4.49. The van der Waals surface area contributed by atoms with Crippen LogP contribution >= 0.6 is 0 Å². The number of hydrogen-bond donors (Lipinski definition) is 1. The summed E-state index contributed by atoms with van der Waals surface area (Å²) in [6.45, 7) is 17.5. The number of hydrogen-bond acceptors (Lipinski definition) is 2. The van der Waals surface area contributed by atoms with Gasteiger partial charge in [0.05, 0.1) is 7.11 Å². The molecule has 0 aliphatic rings. The summed E-state index contributed by atoms with van der Waals surface area (Å²) in [6.07, 6.45) is 0. The first-order chi connectivity index (χ1) is 8.42. The van der Waals surface area contributed by atoms with E-state index < -0.39 is 0 Å². The molecule has 2 N–H and O–H groups in total. The van der Waals surface area contributed by atoms with Gasteiger partial charge in [0.2, 0.25) is 0 Å². The molecule has 0 unspecified atom stereocenters. The van der Waals surface area contributed by atoms with E-state index in [-0.39, 0.29) is 10.8 Å². The standard InChI is InChI=1S/C17H29NO/c1-10-11(2)14(18)13(17(6,7)8)15(19-9)12(10)16(3,4)5/h18H2,1-9H3. The lowest BCUT2D eigenvalue weighted by atomic mass is 9.75. The molecule has 0 amide bonds. The van der Waals surface area contributed by atoms with Crippen molar-refractivity contribution in [1.82, 2.24) is 0 Å². The van der Waals surface area contributed by atoms with Crippen LogP contribution in [0.15, 0.2) is 0 Å². The monoisotopic (exact) mass is 263 g/mol. The molecule has 0 spiro atoms. The molecule has 0 heterocycles. The van der Waals surface area contributed by atoms with Gasteiger partial charge in [-0.25, -0.2) is 0 Å². The lowest BCUT2D eigenvalue weighted by Crippen LogP contribution is -2.23. The number of nitrogens with two attached hydrogens (primary N) is 1. The van der Waals surface area contributed by atoms with Crippen molar-refractivity contribution >= 4 is 5.69 Å². The van der Waals surface area contributed by atoms with Crippen molar-refractivity contribution < 1.29 is 4.74 Å². The van der Waals surface area contributed by atoms with Crippen LogP contribution in [-0.4, -0.2) is 7.11 Å². The Labute approximate surface area is 118 Å². The minimum Gasteiger partial charge on any atom is -0.496 e. The molecule has 0 aliphatic heterocycles. The molecule has 2 heteroatoms. The number of nitrogen functional groups attached to an aromatic ring is 1. The van der Waals surface area contributed by atoms with Gasteiger partial charge in [-0.1, -0.05) is 41.5 Å². The van der Waals surface area contributed by atoms with Crippen molar-refractivity contribution in [2.24, 2.45) is 0 Å². The molecule has 0 aliphatic carbocycles. The molecule has 2 nitrogen and oxygen atoms in total. The Kier molecular flexibility index (Phi) is 3.96. The van der Waals surface area contributed by atoms with Crippen LogP contribution in [0.2, 0.25) is 0 Å². The van der Waals surface area contributed by atoms with E-state index in [9.17, 15) is 0 Å². The summed E-state index contributed by atoms with van der Waals surface area (Å²) >= 11 is 0. The first-order valence-electron chi connectivity index (χ1n) is 6.90. The molecule has 0 fully saturated rings. The van der Waals surface area contributed by atoms with E-state index in [1.54, 1.807) is 7.11 Å². The quantitative estimate of drug-likeness (QED) is 0.758. The third kappa shape index (κ3) is 2.72. The molecule has 1 aromatic rings. The van der Waals surface area contributed by atoms with Gasteiger partial charge in [-0.05, 0) is 35.8 Å². The number of ether oxygens (including phenoxy) is 1. The maximum absolute atomic E-state index is 6.38. The average Bonchev–Trinajstić information content (AvgIpc) is 2.21. The molecule has 1 rings (SSSR count). The van der Waals surface area contributed by atoms with Crippen LogP contribution in [0, 0.1) is 13.8 Å². The smallest absolute Gasteiger partial charge is 0.128 e. The Balaban J connectivity index is 3.91. The fraction of sp³-hybridized carbons (Fsp3) is 0.647. The largest absolute Gasteiger partial charge is 0.496 e. The highest BCUT2D eigenvalue weighted by atomic mass is 16.5. The van der Waals surface area contributed by atoms with E-state index in [0.717, 1.165) is 17.0 Å². The first kappa shape index (κ1) is 15.9. The van der Waals surface area contributed by atoms with Crippen LogP contribution in [0.3, 0.4) is 0 Å². The van der Waals surface area contributed by atoms with Crippen LogP contribution in [0.1, 0.15) is 63.8 Å². The van der Waals surface area contributed by atoms with Gasteiger partial charge in [-0.3, -0.25) is 0 Å². The van der Waals surface area contributed by atoms with E-state index in [2.05, 4.69) is 55.4 Å². The van der Waals surface area contributed by atoms with Crippen molar-refractivity contribution in [1.29, 1.82) is 0 Å². The summed E-state index contributed by atoms with van der Waals surface area (Å²) in [6, 6.07) is 0. The summed E-state index contributed by atoms with van der Waals surface area (Å²) in [5, 5.41) is 0. The third-order valence-corrected chi connectivity index (χ3v) is 3.77. The summed E-state index contributed by atoms with van der Waals surface area (Å²) < 4.78 is 5.77. The maximum atomic E-state index is 6.38. The Bertz CT molecular complexity index is 446. The van der Waals surface area contributed by atoms with Gasteiger partial charge in [0.1, 0.15) is 5.75 Å². The van der Waals surface area contributed by atoms with Crippen molar-refractivity contribution in [3.8, 4) is 5.75 Å². The molecule has 0 radical (unpaired) electrons. The van der Waals surface area contributed by atoms with Crippen LogP contribution < -0.4 is 10.5 Å². The summed E-state index contributed by atoms with van der Waals surface area (Å²) in [5.41, 5.74) is 12.1. The van der Waals surface area contributed by atoms with E-state index >= 15 is 0 Å². The topological polar surface area (TPSA) is 35.2 Å². The predicted molar refractivity (Wildman–Crippen MR) is 84.3 cm³/mol. The zero-order valence-corrected chi connectivity index (χ0v) is 14.0. The second-order valence-electron chi connectivity index (χ2n) is 7.45. The van der Waals surface area contributed by atoms with Crippen molar-refractivity contribution in [3.05, 3.63) is 22.3 Å². The molecule has 108 valence electrons. The molecule has 19 heavy (non-hydrogen) atoms. The Morgan fingerprint density at radius 1 is 0.789 bits per heavy atom. The molecule has 0 atom stereocenters. The fourth-order valence-corrected chi connectivity index (χ4v) is 2.85. The van der Waals surface area contributed by atoms with Crippen molar-refractivity contribution in [2.45, 2.75) is 66.2 Å². The SMILES string of the molecule is COc1c(C(C)(C)C)c(C)c(C)c(N)c1C(C)(C)C. The lowest BCUT2D eigenvalue weighted by Gasteiger charge is -2.33. The molecular formula is C17H29NO. The zero-order chi connectivity index (χ0) is 15.2. The molecule has 0 saturated carbocycles. The fourth-order valence-electron chi connectivity index (χ4n) is 2.85. The number of anilines is 1. The summed E-state index contributed by atoms with van der Waals surface area (Å²) in [4.78, 5) is 0. The highest BCUT2D eigenvalue weighted by Gasteiger charge is 2.31. The summed E-state index contributed by atoms with van der Waals surface area (Å²) in [5.74, 6) is 0.959. The van der Waals surface area contributed by atoms with E-state index in [0.29, 0.717) is 0 Å². The molecule has 0 bridgehead atoms. The Morgan fingerprint density at radius 3 is 1.53 bits per heavy atom. The van der Waals surface area contributed by atoms with Gasteiger partial charge in [-0.15, -0.1) is 0 Å². The van der Waals surface area contributed by atoms with Crippen LogP contribution in [-0.2, 0) is 10.8 Å². The number of benzene rings is 1. The van der Waals surface area contributed by atoms with Crippen molar-refractivity contribution in [3.63, 3.8) is 0 Å². The Hall–Kier alpha value is -1.18. The van der Waals surface area contributed by atoms with Gasteiger partial charge >= 0.3 is 0 Å². The Morgan fingerprint density at radius 2 is 1.21 bits per heavy atom. The maximum Gasteiger partial charge on any atom is 0.128 e. The molecule has 0 saturated heterocycles. The average molecular weight is 263 g/mol. The number of methoxy groups -OCH3 is 1. The lowest BCUT2D eigenvalue weighted by molar-refractivity contribution is 0.381. The first-order valence-corrected chi connectivity index (χ1v) is 6.90. The van der Waals surface area contributed by atoms with Gasteiger partial charge in [0, 0.05) is 16.8 Å². The van der Waals surface area contributed by atoms with Crippen molar-refractivity contribution in [2.75, 3.05) is 12.8 Å². The minimum atomic E-state index is -0.0338. The second kappa shape index (κ2) is 4.73. The number of rotatable bonds is 1. The van der Waals surface area contributed by atoms with Crippen LogP contribution in [0.25, 0.3) is 0 Å². The highest BCUT2D eigenvalue weighted by Crippen LogP contribution is 2.46. The van der Waals surface area contributed by atoms with Gasteiger partial charge in [-0.2, -0.15) is 0 Å². The normalized spacial score (nSPS) is 12.7. The molecule has 0 aromatic heterocycles. The van der Waals surface area contributed by atoms with E-state index in [1.165, 1.54) is 16.7 Å². The van der Waals surface area contributed by atoms with E-state index in [4.69, 9.17) is 10.5 Å². The van der Waals surface area contributed by atoms with E-state index in [1.807, 2.05) is 0 Å². The van der Waals surface area contributed by atoms with Crippen LogP contribution in [0.4, 0.5) is 5.69 Å². The molecular weight excluding hydrogens is 234 g/mol. The summed E-state index contributed by atoms with van der Waals surface area (Å²) in [7, 11) is 1.74. The second-order valence-corrected chi connectivity index (χ2v) is 7.45. The molecule has 1 aromatic carbocycles. The third-order valence-electron chi connectivity index (χ3n) is 3.77. The van der Waals surface area contributed by atoms with Gasteiger partial charge in [0.15, 0.2) is 0 Å². The minimum absolute atomic E-state index is 0.0338. The van der Waals surface area contributed by atoms with Crippen LogP contribution in [0.5, 0.6) is 5.75 Å². The van der Waals surface area contributed by atoms with Gasteiger partial charge < -0.3 is 10.5 Å². The zero-order valence-electron chi connectivity index (χ0n) is 14.0.